The molecule has 4 aromatic rings. The highest BCUT2D eigenvalue weighted by atomic mass is 32.1. The third-order valence-electron chi connectivity index (χ3n) is 7.97. The second-order valence-electron chi connectivity index (χ2n) is 11.3. The number of benzene rings is 1. The normalized spacial score (nSPS) is 18.3. The maximum atomic E-state index is 13.5. The number of carbonyl (C=O) groups is 1. The Kier molecular flexibility index (Phi) is 7.58. The maximum absolute atomic E-state index is 13.5. The van der Waals surface area contributed by atoms with Crippen LogP contribution in [0, 0.1) is 24.1 Å². The van der Waals surface area contributed by atoms with Gasteiger partial charge in [0.15, 0.2) is 17.0 Å². The highest BCUT2D eigenvalue weighted by Crippen LogP contribution is 2.39. The van der Waals surface area contributed by atoms with Crippen molar-refractivity contribution < 1.29 is 18.7 Å². The standard InChI is InChI=1S/C31H34FN7O3S/c1-6-23-28(36(5)30-34-27(26(17-33)43-30)20-7-9-21(32)10-8-20)24-16-22(15-19(2)39(24)35-23)37-11-13-38(14-12-37)29(40)25-18-41-31(3,4)42-25/h7-10,15-16,25H,6,11-14,18H2,1-5H3. The van der Waals surface area contributed by atoms with Crippen LogP contribution in [0.1, 0.15) is 37.0 Å². The van der Waals surface area contributed by atoms with Crippen LogP contribution in [0.5, 0.6) is 0 Å². The zero-order valence-electron chi connectivity index (χ0n) is 24.9. The van der Waals surface area contributed by atoms with Crippen molar-refractivity contribution in [2.75, 3.05) is 49.6 Å². The van der Waals surface area contributed by atoms with Gasteiger partial charge in [0.2, 0.25) is 0 Å². The number of aromatic nitrogens is 3. The van der Waals surface area contributed by atoms with Crippen molar-refractivity contribution in [1.82, 2.24) is 19.5 Å². The van der Waals surface area contributed by atoms with Crippen molar-refractivity contribution in [2.45, 2.75) is 46.0 Å². The lowest BCUT2D eigenvalue weighted by Gasteiger charge is -2.37. The van der Waals surface area contributed by atoms with Gasteiger partial charge in [-0.25, -0.2) is 13.9 Å². The zero-order chi connectivity index (χ0) is 30.5. The minimum atomic E-state index is -0.736. The van der Waals surface area contributed by atoms with Crippen LogP contribution in [0.15, 0.2) is 36.4 Å². The predicted molar refractivity (Wildman–Crippen MR) is 163 cm³/mol. The van der Waals surface area contributed by atoms with Gasteiger partial charge in [-0.2, -0.15) is 10.4 Å². The highest BCUT2D eigenvalue weighted by molar-refractivity contribution is 7.16. The number of fused-ring (bicyclic) bond motifs is 1. The monoisotopic (exact) mass is 603 g/mol. The molecule has 0 saturated carbocycles. The molecule has 224 valence electrons. The van der Waals surface area contributed by atoms with E-state index in [1.807, 2.05) is 42.1 Å². The molecule has 1 atom stereocenters. The van der Waals surface area contributed by atoms with Crippen LogP contribution in [0.4, 0.5) is 20.9 Å². The van der Waals surface area contributed by atoms with Crippen molar-refractivity contribution in [3.05, 3.63) is 58.5 Å². The molecule has 6 rings (SSSR count). The third kappa shape index (κ3) is 5.44. The third-order valence-corrected chi connectivity index (χ3v) is 9.01. The molecule has 2 fully saturated rings. The van der Waals surface area contributed by atoms with Crippen LogP contribution in [-0.2, 0) is 20.7 Å². The van der Waals surface area contributed by atoms with E-state index in [1.165, 1.54) is 23.5 Å². The number of hydrogen-bond donors (Lipinski definition) is 0. The molecule has 2 aliphatic heterocycles. The molecule has 5 heterocycles. The SMILES string of the molecule is CCc1nn2c(C)cc(N3CCN(C(=O)C4COC(C)(C)O4)CC3)cc2c1N(C)c1nc(-c2ccc(F)cc2)c(C#N)s1. The molecular formula is C31H34FN7O3S. The minimum absolute atomic E-state index is 0.0238. The first-order valence-corrected chi connectivity index (χ1v) is 15.2. The number of thiazole rings is 1. The van der Waals surface area contributed by atoms with E-state index >= 15 is 0 Å². The molecule has 3 aromatic heterocycles. The molecule has 0 bridgehead atoms. The first-order chi connectivity index (χ1) is 20.6. The summed E-state index contributed by atoms with van der Waals surface area (Å²) in [6.45, 7) is 10.6. The number of nitrogens with zero attached hydrogens (tertiary/aromatic N) is 7. The zero-order valence-corrected chi connectivity index (χ0v) is 25.7. The van der Waals surface area contributed by atoms with E-state index < -0.39 is 11.9 Å². The summed E-state index contributed by atoms with van der Waals surface area (Å²) in [5.74, 6) is -1.10. The molecule has 2 aliphatic rings. The van der Waals surface area contributed by atoms with Gasteiger partial charge in [-0.3, -0.25) is 4.79 Å². The van der Waals surface area contributed by atoms with Gasteiger partial charge in [0, 0.05) is 50.2 Å². The summed E-state index contributed by atoms with van der Waals surface area (Å²) in [4.78, 5) is 24.5. The summed E-state index contributed by atoms with van der Waals surface area (Å²) in [7, 11) is 1.94. The van der Waals surface area contributed by atoms with Gasteiger partial charge in [0.25, 0.3) is 5.91 Å². The van der Waals surface area contributed by atoms with Gasteiger partial charge >= 0.3 is 0 Å². The molecule has 0 aliphatic carbocycles. The van der Waals surface area contributed by atoms with Gasteiger partial charge in [-0.05, 0) is 63.6 Å². The van der Waals surface area contributed by atoms with Gasteiger partial charge in [0.05, 0.1) is 23.5 Å². The Balaban J connectivity index is 1.28. The largest absolute Gasteiger partial charge is 0.368 e. The second kappa shape index (κ2) is 11.2. The summed E-state index contributed by atoms with van der Waals surface area (Å²) in [6.07, 6.45) is 0.149. The smallest absolute Gasteiger partial charge is 0.254 e. The molecule has 1 amide bonds. The topological polar surface area (TPSA) is 99.2 Å². The Morgan fingerprint density at radius 2 is 1.93 bits per heavy atom. The van der Waals surface area contributed by atoms with Crippen molar-refractivity contribution in [2.24, 2.45) is 0 Å². The van der Waals surface area contributed by atoms with Crippen molar-refractivity contribution in [3.8, 4) is 17.3 Å². The Hall–Kier alpha value is -4.05. The molecule has 12 heteroatoms. The fraction of sp³-hybridized carbons (Fsp3) is 0.419. The Bertz CT molecular complexity index is 1720. The average molecular weight is 604 g/mol. The van der Waals surface area contributed by atoms with E-state index in [4.69, 9.17) is 19.6 Å². The van der Waals surface area contributed by atoms with Crippen LogP contribution >= 0.6 is 11.3 Å². The number of hydrogen-bond acceptors (Lipinski definition) is 9. The molecule has 2 saturated heterocycles. The molecular weight excluding hydrogens is 569 g/mol. The van der Waals surface area contributed by atoms with Crippen LogP contribution in [0.2, 0.25) is 0 Å². The van der Waals surface area contributed by atoms with Crippen LogP contribution < -0.4 is 9.80 Å². The fourth-order valence-electron chi connectivity index (χ4n) is 5.74. The number of rotatable bonds is 6. The van der Waals surface area contributed by atoms with Crippen molar-refractivity contribution in [1.29, 1.82) is 5.26 Å². The number of nitriles is 1. The van der Waals surface area contributed by atoms with E-state index in [1.54, 1.807) is 12.1 Å². The number of amides is 1. The summed E-state index contributed by atoms with van der Waals surface area (Å²) in [5.41, 5.74) is 6.04. The quantitative estimate of drug-likeness (QED) is 0.307. The van der Waals surface area contributed by atoms with Gasteiger partial charge in [-0.15, -0.1) is 0 Å². The molecule has 10 nitrogen and oxygen atoms in total. The molecule has 1 unspecified atom stereocenters. The summed E-state index contributed by atoms with van der Waals surface area (Å²) >= 11 is 1.30. The number of carbonyl (C=O) groups excluding carboxylic acids is 1. The van der Waals surface area contributed by atoms with E-state index in [2.05, 4.69) is 30.0 Å². The number of halogens is 1. The number of anilines is 3. The Labute approximate surface area is 253 Å². The number of aryl methyl sites for hydroxylation is 2. The molecule has 0 radical (unpaired) electrons. The van der Waals surface area contributed by atoms with Gasteiger partial charge in [-0.1, -0.05) is 18.3 Å². The van der Waals surface area contributed by atoms with Crippen molar-refractivity contribution in [3.63, 3.8) is 0 Å². The first-order valence-electron chi connectivity index (χ1n) is 14.4. The fourth-order valence-corrected chi connectivity index (χ4v) is 6.59. The van der Waals surface area contributed by atoms with Gasteiger partial charge < -0.3 is 24.2 Å². The van der Waals surface area contributed by atoms with Crippen molar-refractivity contribution >= 4 is 39.3 Å². The average Bonchev–Trinajstić information content (AvgIpc) is 3.71. The highest BCUT2D eigenvalue weighted by Gasteiger charge is 2.39. The number of pyridine rings is 1. The van der Waals surface area contributed by atoms with Crippen LogP contribution in [0.25, 0.3) is 16.8 Å². The van der Waals surface area contributed by atoms with Crippen LogP contribution in [0.3, 0.4) is 0 Å². The molecule has 1 aromatic carbocycles. The minimum Gasteiger partial charge on any atom is -0.368 e. The molecule has 0 N–H and O–H groups in total. The lowest BCUT2D eigenvalue weighted by molar-refractivity contribution is -0.160. The summed E-state index contributed by atoms with van der Waals surface area (Å²) < 4.78 is 26.9. The predicted octanol–water partition coefficient (Wildman–Crippen LogP) is 4.91. The second-order valence-corrected chi connectivity index (χ2v) is 12.3. The molecule has 0 spiro atoms. The molecule has 43 heavy (non-hydrogen) atoms. The lowest BCUT2D eigenvalue weighted by Crippen LogP contribution is -2.52. The van der Waals surface area contributed by atoms with Crippen LogP contribution in [-0.4, -0.2) is 77.1 Å². The first kappa shape index (κ1) is 29.0. The van der Waals surface area contributed by atoms with E-state index in [0.717, 1.165) is 28.3 Å². The van der Waals surface area contributed by atoms with E-state index in [-0.39, 0.29) is 18.3 Å². The Morgan fingerprint density at radius 3 is 2.56 bits per heavy atom. The number of piperazine rings is 1. The Morgan fingerprint density at radius 1 is 1.21 bits per heavy atom. The maximum Gasteiger partial charge on any atom is 0.254 e. The van der Waals surface area contributed by atoms with E-state index in [0.29, 0.717) is 53.9 Å². The number of ether oxygens (including phenoxy) is 2. The van der Waals surface area contributed by atoms with E-state index in [9.17, 15) is 14.4 Å². The lowest BCUT2D eigenvalue weighted by atomic mass is 10.1. The summed E-state index contributed by atoms with van der Waals surface area (Å²) in [6, 6.07) is 12.5. The van der Waals surface area contributed by atoms with Gasteiger partial charge in [0.1, 0.15) is 22.5 Å². The summed E-state index contributed by atoms with van der Waals surface area (Å²) in [5, 5.41) is 15.4.